The molecular weight excluding hydrogens is 292 g/mol. The van der Waals surface area contributed by atoms with E-state index in [0.29, 0.717) is 26.3 Å². The van der Waals surface area contributed by atoms with E-state index in [-0.39, 0.29) is 12.1 Å². The maximum atomic E-state index is 11.8. The number of benzene rings is 1. The molecule has 1 N–H and O–H groups in total. The number of nitrogens with one attached hydrogen (secondary N) is 1. The molecule has 0 fully saturated rings. The van der Waals surface area contributed by atoms with Crippen molar-refractivity contribution in [3.05, 3.63) is 35.5 Å². The van der Waals surface area contributed by atoms with Gasteiger partial charge in [-0.25, -0.2) is 0 Å². The number of para-hydroxylation sites is 1. The van der Waals surface area contributed by atoms with Crippen LogP contribution in [0.2, 0.25) is 0 Å². The molecule has 1 heterocycles. The van der Waals surface area contributed by atoms with Crippen LogP contribution < -0.4 is 5.32 Å². The molecule has 1 aromatic heterocycles. The minimum atomic E-state index is -0.231. The Labute approximate surface area is 137 Å². The van der Waals surface area contributed by atoms with E-state index in [1.165, 1.54) is 0 Å². The standard InChI is InChI=1S/C18H26N2O3/c1-5-22-17(23-6-2)11-19-10-14-8-7-9-15-16(13(3)21)12-20(4)18(14)15/h7-9,12,17,19H,5-6,10-11H2,1-4H3. The van der Waals surface area contributed by atoms with E-state index in [2.05, 4.69) is 11.4 Å². The highest BCUT2D eigenvalue weighted by Gasteiger charge is 2.13. The maximum absolute atomic E-state index is 11.8. The van der Waals surface area contributed by atoms with Gasteiger partial charge in [0.15, 0.2) is 12.1 Å². The summed E-state index contributed by atoms with van der Waals surface area (Å²) < 4.78 is 13.1. The van der Waals surface area contributed by atoms with Gasteiger partial charge in [-0.05, 0) is 26.3 Å². The average molecular weight is 318 g/mol. The van der Waals surface area contributed by atoms with Gasteiger partial charge in [0.2, 0.25) is 0 Å². The molecule has 0 aliphatic carbocycles. The Bertz CT molecular complexity index is 658. The van der Waals surface area contributed by atoms with Gasteiger partial charge >= 0.3 is 0 Å². The third kappa shape index (κ3) is 4.19. The van der Waals surface area contributed by atoms with Crippen molar-refractivity contribution in [1.82, 2.24) is 9.88 Å². The minimum absolute atomic E-state index is 0.0912. The van der Waals surface area contributed by atoms with E-state index >= 15 is 0 Å². The summed E-state index contributed by atoms with van der Waals surface area (Å²) in [7, 11) is 1.97. The summed E-state index contributed by atoms with van der Waals surface area (Å²) in [5, 5.41) is 4.39. The number of carbonyl (C=O) groups is 1. The van der Waals surface area contributed by atoms with Gasteiger partial charge < -0.3 is 19.4 Å². The third-order valence-electron chi connectivity index (χ3n) is 3.80. The van der Waals surface area contributed by atoms with Crippen molar-refractivity contribution in [3.8, 4) is 0 Å². The predicted octanol–water partition coefficient (Wildman–Crippen LogP) is 2.87. The van der Waals surface area contributed by atoms with Crippen LogP contribution in [0.4, 0.5) is 0 Å². The molecule has 0 spiro atoms. The fourth-order valence-corrected chi connectivity index (χ4v) is 2.84. The second-order valence-electron chi connectivity index (χ2n) is 5.49. The molecule has 0 atom stereocenters. The van der Waals surface area contributed by atoms with Crippen LogP contribution in [0.5, 0.6) is 0 Å². The molecule has 0 radical (unpaired) electrons. The fourth-order valence-electron chi connectivity index (χ4n) is 2.84. The first-order chi connectivity index (χ1) is 11.1. The summed E-state index contributed by atoms with van der Waals surface area (Å²) >= 11 is 0. The van der Waals surface area contributed by atoms with Crippen LogP contribution in [0.25, 0.3) is 10.9 Å². The third-order valence-corrected chi connectivity index (χ3v) is 3.80. The summed E-state index contributed by atoms with van der Waals surface area (Å²) in [5.74, 6) is 0.0912. The zero-order valence-electron chi connectivity index (χ0n) is 14.4. The first-order valence-electron chi connectivity index (χ1n) is 8.10. The maximum Gasteiger partial charge on any atom is 0.169 e. The van der Waals surface area contributed by atoms with Gasteiger partial charge in [0, 0.05) is 50.5 Å². The second kappa shape index (κ2) is 8.24. The fraction of sp³-hybridized carbons (Fsp3) is 0.500. The Balaban J connectivity index is 2.13. The molecule has 0 saturated heterocycles. The summed E-state index contributed by atoms with van der Waals surface area (Å²) in [4.78, 5) is 11.8. The number of hydrogen-bond donors (Lipinski definition) is 1. The van der Waals surface area contributed by atoms with Crippen LogP contribution in [0.1, 0.15) is 36.7 Å². The van der Waals surface area contributed by atoms with E-state index < -0.39 is 0 Å². The largest absolute Gasteiger partial charge is 0.352 e. The van der Waals surface area contributed by atoms with Crippen LogP contribution in [-0.4, -0.2) is 36.4 Å². The first-order valence-corrected chi connectivity index (χ1v) is 8.10. The van der Waals surface area contributed by atoms with Crippen LogP contribution in [-0.2, 0) is 23.1 Å². The number of ketones is 1. The van der Waals surface area contributed by atoms with Crippen LogP contribution >= 0.6 is 0 Å². The molecule has 126 valence electrons. The normalized spacial score (nSPS) is 11.5. The molecule has 0 aliphatic heterocycles. The van der Waals surface area contributed by atoms with Crippen LogP contribution in [0.3, 0.4) is 0 Å². The Morgan fingerprint density at radius 1 is 1.26 bits per heavy atom. The lowest BCUT2D eigenvalue weighted by Gasteiger charge is -2.17. The lowest BCUT2D eigenvalue weighted by atomic mass is 10.1. The SMILES string of the molecule is CCOC(CNCc1cccc2c(C(C)=O)cn(C)c12)OCC. The van der Waals surface area contributed by atoms with Crippen molar-refractivity contribution in [2.75, 3.05) is 19.8 Å². The zero-order chi connectivity index (χ0) is 16.8. The summed E-state index contributed by atoms with van der Waals surface area (Å²) in [6.07, 6.45) is 1.67. The van der Waals surface area contributed by atoms with Crippen LogP contribution in [0, 0.1) is 0 Å². The monoisotopic (exact) mass is 318 g/mol. The number of nitrogens with zero attached hydrogens (tertiary/aromatic N) is 1. The molecule has 0 unspecified atom stereocenters. The van der Waals surface area contributed by atoms with E-state index in [4.69, 9.17) is 9.47 Å². The Morgan fingerprint density at radius 3 is 2.57 bits per heavy atom. The molecule has 0 saturated carbocycles. The molecule has 23 heavy (non-hydrogen) atoms. The Kier molecular flexibility index (Phi) is 6.33. The van der Waals surface area contributed by atoms with E-state index in [9.17, 15) is 4.79 Å². The van der Waals surface area contributed by atoms with Gasteiger partial charge in [0.05, 0.1) is 5.52 Å². The Hall–Kier alpha value is -1.69. The van der Waals surface area contributed by atoms with Gasteiger partial charge in [-0.2, -0.15) is 0 Å². The molecule has 0 bridgehead atoms. The number of Topliss-reactive ketones (excluding diaryl/α,β-unsaturated/α-hetero) is 1. The van der Waals surface area contributed by atoms with Gasteiger partial charge in [-0.3, -0.25) is 4.79 Å². The average Bonchev–Trinajstić information content (AvgIpc) is 2.86. The highest BCUT2D eigenvalue weighted by atomic mass is 16.7. The zero-order valence-corrected chi connectivity index (χ0v) is 14.4. The number of aryl methyl sites for hydroxylation is 1. The van der Waals surface area contributed by atoms with Crippen molar-refractivity contribution < 1.29 is 14.3 Å². The lowest BCUT2D eigenvalue weighted by Crippen LogP contribution is -2.31. The highest BCUT2D eigenvalue weighted by molar-refractivity contribution is 6.07. The molecule has 0 amide bonds. The molecule has 0 aliphatic rings. The molecule has 1 aromatic carbocycles. The Morgan fingerprint density at radius 2 is 1.96 bits per heavy atom. The first kappa shape index (κ1) is 17.7. The predicted molar refractivity (Wildman–Crippen MR) is 91.7 cm³/mol. The molecule has 2 rings (SSSR count). The minimum Gasteiger partial charge on any atom is -0.352 e. The number of hydrogen-bond acceptors (Lipinski definition) is 4. The van der Waals surface area contributed by atoms with E-state index in [0.717, 1.165) is 22.0 Å². The second-order valence-corrected chi connectivity index (χ2v) is 5.49. The number of carbonyl (C=O) groups excluding carboxylic acids is 1. The lowest BCUT2D eigenvalue weighted by molar-refractivity contribution is -0.133. The van der Waals surface area contributed by atoms with Gasteiger partial charge in [0.1, 0.15) is 0 Å². The number of rotatable bonds is 9. The van der Waals surface area contributed by atoms with Crippen molar-refractivity contribution in [1.29, 1.82) is 0 Å². The molecule has 5 heteroatoms. The van der Waals surface area contributed by atoms with Crippen molar-refractivity contribution >= 4 is 16.7 Å². The van der Waals surface area contributed by atoms with Crippen molar-refractivity contribution in [2.24, 2.45) is 7.05 Å². The van der Waals surface area contributed by atoms with Crippen LogP contribution in [0.15, 0.2) is 24.4 Å². The van der Waals surface area contributed by atoms with Gasteiger partial charge in [0.25, 0.3) is 0 Å². The highest BCUT2D eigenvalue weighted by Crippen LogP contribution is 2.24. The number of aromatic nitrogens is 1. The number of ether oxygens (including phenoxy) is 2. The summed E-state index contributed by atoms with van der Waals surface area (Å²) in [6.45, 7) is 8.10. The van der Waals surface area contributed by atoms with Gasteiger partial charge in [-0.1, -0.05) is 18.2 Å². The quantitative estimate of drug-likeness (QED) is 0.570. The van der Waals surface area contributed by atoms with Gasteiger partial charge in [-0.15, -0.1) is 0 Å². The van der Waals surface area contributed by atoms with E-state index in [1.807, 2.05) is 43.8 Å². The van der Waals surface area contributed by atoms with Crippen molar-refractivity contribution in [3.63, 3.8) is 0 Å². The smallest absolute Gasteiger partial charge is 0.169 e. The molecular formula is C18H26N2O3. The molecule has 5 nitrogen and oxygen atoms in total. The molecule has 2 aromatic rings. The summed E-state index contributed by atoms with van der Waals surface area (Å²) in [6, 6.07) is 6.07. The number of fused-ring (bicyclic) bond motifs is 1. The van der Waals surface area contributed by atoms with E-state index in [1.54, 1.807) is 6.92 Å². The van der Waals surface area contributed by atoms with Crippen molar-refractivity contribution in [2.45, 2.75) is 33.6 Å². The summed E-state index contributed by atoms with van der Waals surface area (Å²) in [5.41, 5.74) is 3.02. The topological polar surface area (TPSA) is 52.5 Å².